The van der Waals surface area contributed by atoms with Crippen LogP contribution in [0.4, 0.5) is 4.79 Å². The maximum atomic E-state index is 12.1. The molecular weight excluding hydrogens is 218 g/mol. The summed E-state index contributed by atoms with van der Waals surface area (Å²) < 4.78 is 5.46. The molecule has 2 atom stereocenters. The highest BCUT2D eigenvalue weighted by Gasteiger charge is 2.44. The van der Waals surface area contributed by atoms with Crippen LogP contribution in [0, 0.1) is 0 Å². The third-order valence-corrected chi connectivity index (χ3v) is 3.57. The summed E-state index contributed by atoms with van der Waals surface area (Å²) in [5.74, 6) is 5.49. The number of carbonyl (C=O) groups is 1. The van der Waals surface area contributed by atoms with E-state index in [2.05, 4.69) is 5.43 Å². The SMILES string of the molecule is CC(C)(C)OC(=O)N1[C@H]2CC[C@H]1CC(NN)C2. The monoisotopic (exact) mass is 241 g/mol. The Kier molecular flexibility index (Phi) is 3.32. The van der Waals surface area contributed by atoms with Crippen LogP contribution in [0.25, 0.3) is 0 Å². The standard InChI is InChI=1S/C12H23N3O2/c1-12(2,3)17-11(16)15-9-4-5-10(15)7-8(6-9)14-13/h8-10,14H,4-7,13H2,1-3H3/t9-,10-/m0/s1. The highest BCUT2D eigenvalue weighted by atomic mass is 16.6. The molecule has 0 aromatic carbocycles. The third kappa shape index (κ3) is 2.72. The zero-order valence-electron chi connectivity index (χ0n) is 10.9. The Morgan fingerprint density at radius 1 is 1.29 bits per heavy atom. The molecule has 2 bridgehead atoms. The van der Waals surface area contributed by atoms with Crippen LogP contribution < -0.4 is 11.3 Å². The molecule has 0 aromatic heterocycles. The number of fused-ring (bicyclic) bond motifs is 2. The van der Waals surface area contributed by atoms with Crippen LogP contribution in [-0.4, -0.2) is 34.7 Å². The van der Waals surface area contributed by atoms with E-state index in [4.69, 9.17) is 10.6 Å². The molecular formula is C12H23N3O2. The van der Waals surface area contributed by atoms with Gasteiger partial charge in [0.25, 0.3) is 0 Å². The first-order valence-corrected chi connectivity index (χ1v) is 6.38. The summed E-state index contributed by atoms with van der Waals surface area (Å²) in [6, 6.07) is 0.931. The first-order valence-electron chi connectivity index (χ1n) is 6.38. The van der Waals surface area contributed by atoms with Gasteiger partial charge in [0.05, 0.1) is 0 Å². The molecule has 2 heterocycles. The van der Waals surface area contributed by atoms with Crippen LogP contribution >= 0.6 is 0 Å². The molecule has 98 valence electrons. The highest BCUT2D eigenvalue weighted by molar-refractivity contribution is 5.69. The van der Waals surface area contributed by atoms with Gasteiger partial charge in [0.1, 0.15) is 5.60 Å². The van der Waals surface area contributed by atoms with E-state index in [1.165, 1.54) is 0 Å². The van der Waals surface area contributed by atoms with Gasteiger partial charge in [0, 0.05) is 18.1 Å². The first kappa shape index (κ1) is 12.6. The lowest BCUT2D eigenvalue weighted by Crippen LogP contribution is -2.53. The van der Waals surface area contributed by atoms with Crippen LogP contribution in [0.5, 0.6) is 0 Å². The number of hydrazine groups is 1. The molecule has 0 aromatic rings. The molecule has 5 heteroatoms. The number of carbonyl (C=O) groups excluding carboxylic acids is 1. The number of nitrogens with zero attached hydrogens (tertiary/aromatic N) is 1. The van der Waals surface area contributed by atoms with Crippen molar-refractivity contribution in [2.45, 2.75) is 70.2 Å². The van der Waals surface area contributed by atoms with Crippen LogP contribution in [0.1, 0.15) is 46.5 Å². The van der Waals surface area contributed by atoms with Crippen molar-refractivity contribution in [3.63, 3.8) is 0 Å². The van der Waals surface area contributed by atoms with Crippen molar-refractivity contribution < 1.29 is 9.53 Å². The second-order valence-corrected chi connectivity index (χ2v) is 6.11. The van der Waals surface area contributed by atoms with Crippen molar-refractivity contribution in [1.29, 1.82) is 0 Å². The lowest BCUT2D eigenvalue weighted by Gasteiger charge is -2.39. The molecule has 3 N–H and O–H groups in total. The second kappa shape index (κ2) is 4.46. The maximum absolute atomic E-state index is 12.1. The van der Waals surface area contributed by atoms with Crippen molar-refractivity contribution in [1.82, 2.24) is 10.3 Å². The van der Waals surface area contributed by atoms with Gasteiger partial charge in [-0.3, -0.25) is 11.3 Å². The molecule has 2 rings (SSSR count). The van der Waals surface area contributed by atoms with Gasteiger partial charge in [-0.1, -0.05) is 0 Å². The van der Waals surface area contributed by atoms with E-state index in [0.717, 1.165) is 25.7 Å². The zero-order chi connectivity index (χ0) is 12.6. The first-order chi connectivity index (χ1) is 7.90. The van der Waals surface area contributed by atoms with Gasteiger partial charge in [0.15, 0.2) is 0 Å². The van der Waals surface area contributed by atoms with Crippen molar-refractivity contribution >= 4 is 6.09 Å². The molecule has 2 aliphatic heterocycles. The molecule has 17 heavy (non-hydrogen) atoms. The van der Waals surface area contributed by atoms with Crippen molar-refractivity contribution in [2.24, 2.45) is 5.84 Å². The van der Waals surface area contributed by atoms with E-state index >= 15 is 0 Å². The largest absolute Gasteiger partial charge is 0.444 e. The van der Waals surface area contributed by atoms with E-state index in [1.807, 2.05) is 25.7 Å². The number of piperidine rings is 1. The second-order valence-electron chi connectivity index (χ2n) is 6.11. The summed E-state index contributed by atoms with van der Waals surface area (Å²) in [6.45, 7) is 5.71. The minimum atomic E-state index is -0.417. The minimum absolute atomic E-state index is 0.166. The summed E-state index contributed by atoms with van der Waals surface area (Å²) in [5.41, 5.74) is 2.42. The predicted octanol–water partition coefficient (Wildman–Crippen LogP) is 1.38. The van der Waals surface area contributed by atoms with Crippen LogP contribution in [0.2, 0.25) is 0 Å². The Morgan fingerprint density at radius 3 is 2.24 bits per heavy atom. The Hall–Kier alpha value is -0.810. The molecule has 2 fully saturated rings. The average Bonchev–Trinajstić information content (AvgIpc) is 2.47. The Morgan fingerprint density at radius 2 is 1.82 bits per heavy atom. The van der Waals surface area contributed by atoms with E-state index < -0.39 is 5.60 Å². The number of amides is 1. The van der Waals surface area contributed by atoms with E-state index in [-0.39, 0.29) is 6.09 Å². The Balaban J connectivity index is 2.01. The molecule has 0 unspecified atom stereocenters. The summed E-state index contributed by atoms with van der Waals surface area (Å²) in [6.07, 6.45) is 3.85. The van der Waals surface area contributed by atoms with E-state index in [9.17, 15) is 4.79 Å². The van der Waals surface area contributed by atoms with Crippen molar-refractivity contribution in [3.8, 4) is 0 Å². The maximum Gasteiger partial charge on any atom is 0.410 e. The van der Waals surface area contributed by atoms with Gasteiger partial charge in [-0.05, 0) is 46.5 Å². The third-order valence-electron chi connectivity index (χ3n) is 3.57. The summed E-state index contributed by atoms with van der Waals surface area (Å²) in [7, 11) is 0. The summed E-state index contributed by atoms with van der Waals surface area (Å²) in [5, 5.41) is 0. The Bertz CT molecular complexity index is 287. The lowest BCUT2D eigenvalue weighted by atomic mass is 9.98. The average molecular weight is 241 g/mol. The van der Waals surface area contributed by atoms with Gasteiger partial charge in [0.2, 0.25) is 0 Å². The van der Waals surface area contributed by atoms with Crippen LogP contribution in [0.3, 0.4) is 0 Å². The van der Waals surface area contributed by atoms with Crippen LogP contribution in [0.15, 0.2) is 0 Å². The highest BCUT2D eigenvalue weighted by Crippen LogP contribution is 2.36. The van der Waals surface area contributed by atoms with Gasteiger partial charge >= 0.3 is 6.09 Å². The number of ether oxygens (including phenoxy) is 1. The zero-order valence-corrected chi connectivity index (χ0v) is 10.9. The van der Waals surface area contributed by atoms with Crippen LogP contribution in [-0.2, 0) is 4.74 Å². The van der Waals surface area contributed by atoms with Gasteiger partial charge in [-0.2, -0.15) is 0 Å². The number of hydrogen-bond acceptors (Lipinski definition) is 4. The predicted molar refractivity (Wildman–Crippen MR) is 65.2 cm³/mol. The van der Waals surface area contributed by atoms with Gasteiger partial charge in [-0.15, -0.1) is 0 Å². The molecule has 2 aliphatic rings. The Labute approximate surface area is 103 Å². The molecule has 0 aliphatic carbocycles. The number of rotatable bonds is 1. The lowest BCUT2D eigenvalue weighted by molar-refractivity contribution is 0.00473. The quantitative estimate of drug-likeness (QED) is 0.537. The molecule has 0 saturated carbocycles. The van der Waals surface area contributed by atoms with E-state index in [0.29, 0.717) is 18.1 Å². The van der Waals surface area contributed by atoms with Gasteiger partial charge in [-0.25, -0.2) is 4.79 Å². The summed E-state index contributed by atoms with van der Waals surface area (Å²) in [4.78, 5) is 14.1. The van der Waals surface area contributed by atoms with Gasteiger partial charge < -0.3 is 9.64 Å². The molecule has 5 nitrogen and oxygen atoms in total. The number of nitrogens with two attached hydrogens (primary N) is 1. The fraction of sp³-hybridized carbons (Fsp3) is 0.917. The van der Waals surface area contributed by atoms with Crippen molar-refractivity contribution in [2.75, 3.05) is 0 Å². The minimum Gasteiger partial charge on any atom is -0.444 e. The number of nitrogens with one attached hydrogen (secondary N) is 1. The fourth-order valence-electron chi connectivity index (χ4n) is 2.93. The topological polar surface area (TPSA) is 67.6 Å². The number of hydrogen-bond donors (Lipinski definition) is 2. The van der Waals surface area contributed by atoms with E-state index in [1.54, 1.807) is 0 Å². The molecule has 0 spiro atoms. The van der Waals surface area contributed by atoms with Crippen molar-refractivity contribution in [3.05, 3.63) is 0 Å². The smallest absolute Gasteiger partial charge is 0.410 e. The molecule has 1 amide bonds. The fourth-order valence-corrected chi connectivity index (χ4v) is 2.93. The molecule has 2 saturated heterocycles. The normalized spacial score (nSPS) is 32.7. The summed E-state index contributed by atoms with van der Waals surface area (Å²) >= 11 is 0. The molecule has 0 radical (unpaired) electrons.